The van der Waals surface area contributed by atoms with Crippen molar-refractivity contribution in [3.63, 3.8) is 0 Å². The van der Waals surface area contributed by atoms with Crippen molar-refractivity contribution in [3.05, 3.63) is 69.7 Å². The number of ether oxygens (including phenoxy) is 1. The van der Waals surface area contributed by atoms with Crippen molar-refractivity contribution in [3.8, 4) is 0 Å². The lowest BCUT2D eigenvalue weighted by atomic mass is 10.2. The van der Waals surface area contributed by atoms with E-state index in [0.29, 0.717) is 16.1 Å². The van der Waals surface area contributed by atoms with Gasteiger partial charge in [0.2, 0.25) is 0 Å². The average molecular weight is 318 g/mol. The Bertz CT molecular complexity index is 867. The summed E-state index contributed by atoms with van der Waals surface area (Å²) in [5, 5.41) is 0.458. The van der Waals surface area contributed by atoms with Gasteiger partial charge >= 0.3 is 11.7 Å². The van der Waals surface area contributed by atoms with E-state index >= 15 is 0 Å². The lowest BCUT2D eigenvalue weighted by Crippen LogP contribution is -2.21. The number of hydrogen-bond donors (Lipinski definition) is 0. The van der Waals surface area contributed by atoms with Crippen molar-refractivity contribution in [2.75, 3.05) is 0 Å². The number of halogens is 1. The first-order valence-corrected chi connectivity index (χ1v) is 7.00. The fourth-order valence-electron chi connectivity index (χ4n) is 2.10. The molecule has 0 fully saturated rings. The van der Waals surface area contributed by atoms with Gasteiger partial charge in [-0.25, -0.2) is 4.79 Å². The molecule has 0 saturated carbocycles. The van der Waals surface area contributed by atoms with Crippen molar-refractivity contribution in [1.82, 2.24) is 4.57 Å². The average Bonchev–Trinajstić information content (AvgIpc) is 2.81. The molecule has 3 aromatic rings. The fourth-order valence-corrected chi connectivity index (χ4v) is 2.26. The Balaban J connectivity index is 1.74. The molecule has 0 amide bonds. The highest BCUT2D eigenvalue weighted by atomic mass is 35.5. The molecule has 3 rings (SSSR count). The molecule has 1 aromatic heterocycles. The number of oxazole rings is 1. The molecule has 5 nitrogen and oxygen atoms in total. The number of carbonyl (C=O) groups is 1. The molecule has 6 heteroatoms. The highest BCUT2D eigenvalue weighted by Crippen LogP contribution is 2.18. The highest BCUT2D eigenvalue weighted by molar-refractivity contribution is 6.31. The molecule has 22 heavy (non-hydrogen) atoms. The second-order valence-electron chi connectivity index (χ2n) is 4.71. The molecule has 0 radical (unpaired) electrons. The molecule has 0 N–H and O–H groups in total. The van der Waals surface area contributed by atoms with Crippen LogP contribution in [0.2, 0.25) is 5.02 Å². The summed E-state index contributed by atoms with van der Waals surface area (Å²) in [5.41, 5.74) is 1.73. The molecule has 0 saturated heterocycles. The maximum Gasteiger partial charge on any atom is 0.420 e. The van der Waals surface area contributed by atoms with Gasteiger partial charge in [0.1, 0.15) is 13.2 Å². The molecule has 0 aliphatic heterocycles. The zero-order chi connectivity index (χ0) is 15.5. The van der Waals surface area contributed by atoms with Crippen LogP contribution in [0, 0.1) is 0 Å². The number of hydrogen-bond acceptors (Lipinski definition) is 4. The number of benzene rings is 2. The predicted molar refractivity (Wildman–Crippen MR) is 81.7 cm³/mol. The summed E-state index contributed by atoms with van der Waals surface area (Å²) in [6, 6.07) is 14.1. The van der Waals surface area contributed by atoms with E-state index in [1.165, 1.54) is 10.6 Å². The number of fused-ring (bicyclic) bond motifs is 1. The van der Waals surface area contributed by atoms with E-state index in [0.717, 1.165) is 5.56 Å². The van der Waals surface area contributed by atoms with Gasteiger partial charge in [-0.3, -0.25) is 9.36 Å². The lowest BCUT2D eigenvalue weighted by molar-refractivity contribution is -0.145. The summed E-state index contributed by atoms with van der Waals surface area (Å²) in [6.45, 7) is -0.0453. The quantitative estimate of drug-likeness (QED) is 0.694. The third-order valence-electron chi connectivity index (χ3n) is 3.16. The minimum atomic E-state index is -0.617. The molecular formula is C16H12ClNO4. The zero-order valence-electron chi connectivity index (χ0n) is 11.5. The Morgan fingerprint density at radius 3 is 2.73 bits per heavy atom. The van der Waals surface area contributed by atoms with Gasteiger partial charge in [0.15, 0.2) is 5.58 Å². The van der Waals surface area contributed by atoms with Crippen LogP contribution in [0.25, 0.3) is 11.1 Å². The largest absolute Gasteiger partial charge is 0.459 e. The minimum absolute atomic E-state index is 0.163. The summed E-state index contributed by atoms with van der Waals surface area (Å²) >= 11 is 5.84. The fraction of sp³-hybridized carbons (Fsp3) is 0.125. The van der Waals surface area contributed by atoms with Gasteiger partial charge in [0, 0.05) is 11.1 Å². The second-order valence-corrected chi connectivity index (χ2v) is 5.15. The van der Waals surface area contributed by atoms with Crippen LogP contribution in [0.1, 0.15) is 5.56 Å². The van der Waals surface area contributed by atoms with E-state index in [1.54, 1.807) is 12.1 Å². The van der Waals surface area contributed by atoms with Gasteiger partial charge in [-0.2, -0.15) is 0 Å². The predicted octanol–water partition coefficient (Wildman–Crippen LogP) is 2.99. The van der Waals surface area contributed by atoms with Crippen molar-refractivity contribution >= 4 is 28.7 Å². The number of nitrogens with zero attached hydrogens (tertiary/aromatic N) is 1. The second kappa shape index (κ2) is 6.07. The van der Waals surface area contributed by atoms with Gasteiger partial charge in [0.25, 0.3) is 0 Å². The molecule has 0 bridgehead atoms. The molecular weight excluding hydrogens is 306 g/mol. The number of aromatic nitrogens is 1. The van der Waals surface area contributed by atoms with E-state index in [-0.39, 0.29) is 13.2 Å². The van der Waals surface area contributed by atoms with E-state index < -0.39 is 11.7 Å². The third kappa shape index (κ3) is 3.04. The van der Waals surface area contributed by atoms with Crippen molar-refractivity contribution in [2.45, 2.75) is 13.2 Å². The first kappa shape index (κ1) is 14.4. The van der Waals surface area contributed by atoms with Crippen LogP contribution in [-0.2, 0) is 22.7 Å². The van der Waals surface area contributed by atoms with Crippen LogP contribution in [-0.4, -0.2) is 10.5 Å². The molecule has 0 spiro atoms. The van der Waals surface area contributed by atoms with E-state index in [1.807, 2.05) is 30.3 Å². The van der Waals surface area contributed by atoms with Gasteiger partial charge < -0.3 is 9.15 Å². The van der Waals surface area contributed by atoms with Crippen molar-refractivity contribution in [1.29, 1.82) is 0 Å². The monoisotopic (exact) mass is 317 g/mol. The maximum atomic E-state index is 11.9. The summed E-state index contributed by atoms with van der Waals surface area (Å²) in [5.74, 6) is -1.13. The molecule has 0 unspecified atom stereocenters. The Morgan fingerprint density at radius 1 is 1.18 bits per heavy atom. The number of esters is 1. The lowest BCUT2D eigenvalue weighted by Gasteiger charge is -2.05. The minimum Gasteiger partial charge on any atom is -0.459 e. The Kier molecular flexibility index (Phi) is 3.98. The Labute approximate surface area is 130 Å². The van der Waals surface area contributed by atoms with Crippen LogP contribution >= 0.6 is 11.6 Å². The van der Waals surface area contributed by atoms with Crippen molar-refractivity contribution in [2.24, 2.45) is 0 Å². The first-order valence-electron chi connectivity index (χ1n) is 6.62. The number of carbonyl (C=O) groups excluding carboxylic acids is 1. The number of rotatable bonds is 4. The molecule has 1 heterocycles. The van der Waals surface area contributed by atoms with Gasteiger partial charge in [-0.15, -0.1) is 0 Å². The summed E-state index contributed by atoms with van der Waals surface area (Å²) < 4.78 is 11.4. The van der Waals surface area contributed by atoms with Gasteiger partial charge in [-0.05, 0) is 17.7 Å². The van der Waals surface area contributed by atoms with Crippen LogP contribution < -0.4 is 5.76 Å². The smallest absolute Gasteiger partial charge is 0.420 e. The third-order valence-corrected chi connectivity index (χ3v) is 3.40. The molecule has 2 aromatic carbocycles. The topological polar surface area (TPSA) is 61.4 Å². The molecule has 0 aliphatic rings. The van der Waals surface area contributed by atoms with Crippen LogP contribution in [0.5, 0.6) is 0 Å². The summed E-state index contributed by atoms with van der Waals surface area (Å²) in [4.78, 5) is 23.7. The highest BCUT2D eigenvalue weighted by Gasteiger charge is 2.13. The van der Waals surface area contributed by atoms with Crippen LogP contribution in [0.15, 0.2) is 57.7 Å². The molecule has 0 atom stereocenters. The maximum absolute atomic E-state index is 11.9. The van der Waals surface area contributed by atoms with E-state index in [9.17, 15) is 9.59 Å². The standard InChI is InChI=1S/C16H12ClNO4/c17-12-6-7-13-14(8-12)22-16(20)18(13)9-15(19)21-10-11-4-2-1-3-5-11/h1-8H,9-10H2. The van der Waals surface area contributed by atoms with E-state index in [4.69, 9.17) is 20.8 Å². The SMILES string of the molecule is O=C(Cn1c(=O)oc2cc(Cl)ccc21)OCc1ccccc1. The Hall–Kier alpha value is -2.53. The van der Waals surface area contributed by atoms with Gasteiger partial charge in [-0.1, -0.05) is 41.9 Å². The van der Waals surface area contributed by atoms with E-state index in [2.05, 4.69) is 0 Å². The zero-order valence-corrected chi connectivity index (χ0v) is 12.2. The van der Waals surface area contributed by atoms with Crippen molar-refractivity contribution < 1.29 is 13.9 Å². The molecule has 112 valence electrons. The van der Waals surface area contributed by atoms with Crippen LogP contribution in [0.4, 0.5) is 0 Å². The van der Waals surface area contributed by atoms with Gasteiger partial charge in [0.05, 0.1) is 5.52 Å². The van der Waals surface area contributed by atoms with Crippen LogP contribution in [0.3, 0.4) is 0 Å². The molecule has 0 aliphatic carbocycles. The normalized spacial score (nSPS) is 10.8. The Morgan fingerprint density at radius 2 is 1.95 bits per heavy atom. The first-order chi connectivity index (χ1) is 10.6. The summed E-state index contributed by atoms with van der Waals surface area (Å²) in [7, 11) is 0. The summed E-state index contributed by atoms with van der Waals surface area (Å²) in [6.07, 6.45) is 0.